The van der Waals surface area contributed by atoms with Crippen molar-refractivity contribution in [2.24, 2.45) is 5.41 Å². The molecule has 0 aromatic rings. The Hall–Kier alpha value is -0.410. The van der Waals surface area contributed by atoms with Gasteiger partial charge in [-0.2, -0.15) is 0 Å². The quantitative estimate of drug-likeness (QED) is 0.540. The number of nitrogens with one attached hydrogen (secondary N) is 1. The van der Waals surface area contributed by atoms with Crippen molar-refractivity contribution in [2.75, 3.05) is 19.7 Å². The minimum atomic E-state index is -0.107. The maximum absolute atomic E-state index is 10.5. The summed E-state index contributed by atoms with van der Waals surface area (Å²) in [6, 6.07) is 0. The zero-order valence-electron chi connectivity index (χ0n) is 6.51. The third kappa shape index (κ3) is 0.993. The smallest absolute Gasteiger partial charge is 0.149 e. The second kappa shape index (κ2) is 2.57. The summed E-state index contributed by atoms with van der Waals surface area (Å²) in [7, 11) is 0. The highest BCUT2D eigenvalue weighted by Gasteiger charge is 2.48. The third-order valence-corrected chi connectivity index (χ3v) is 2.88. The Kier molecular flexibility index (Phi) is 1.69. The van der Waals surface area contributed by atoms with E-state index in [1.165, 1.54) is 0 Å². The highest BCUT2D eigenvalue weighted by atomic mass is 16.5. The van der Waals surface area contributed by atoms with Gasteiger partial charge in [0.15, 0.2) is 0 Å². The molecule has 2 aliphatic rings. The van der Waals surface area contributed by atoms with Crippen LogP contribution in [0.25, 0.3) is 0 Å². The van der Waals surface area contributed by atoms with Gasteiger partial charge in [-0.25, -0.2) is 0 Å². The number of aldehydes is 1. The molecule has 62 valence electrons. The average molecular weight is 155 g/mol. The molecule has 2 aliphatic heterocycles. The molecule has 0 bridgehead atoms. The predicted molar refractivity (Wildman–Crippen MR) is 40.3 cm³/mol. The fourth-order valence-electron chi connectivity index (χ4n) is 1.95. The molecule has 2 saturated heterocycles. The topological polar surface area (TPSA) is 38.3 Å². The van der Waals surface area contributed by atoms with Crippen LogP contribution >= 0.6 is 0 Å². The van der Waals surface area contributed by atoms with Gasteiger partial charge in [0.2, 0.25) is 0 Å². The number of piperidine rings is 1. The van der Waals surface area contributed by atoms with E-state index in [9.17, 15) is 4.79 Å². The Morgan fingerprint density at radius 1 is 1.45 bits per heavy atom. The number of hydrogen-bond donors (Lipinski definition) is 1. The lowest BCUT2D eigenvalue weighted by Crippen LogP contribution is -2.57. The van der Waals surface area contributed by atoms with Crippen molar-refractivity contribution in [3.05, 3.63) is 0 Å². The molecule has 2 heterocycles. The molecule has 3 heteroatoms. The number of ether oxygens (including phenoxy) is 1. The monoisotopic (exact) mass is 155 g/mol. The van der Waals surface area contributed by atoms with Crippen LogP contribution < -0.4 is 5.32 Å². The number of hydrogen-bond acceptors (Lipinski definition) is 3. The minimum absolute atomic E-state index is 0.107. The van der Waals surface area contributed by atoms with Crippen molar-refractivity contribution in [1.82, 2.24) is 5.32 Å². The van der Waals surface area contributed by atoms with Crippen molar-refractivity contribution in [1.29, 1.82) is 0 Å². The molecule has 0 aromatic carbocycles. The predicted octanol–water partition coefficient (Wildman–Crippen LogP) is -0.0461. The van der Waals surface area contributed by atoms with Gasteiger partial charge in [0.05, 0.1) is 6.61 Å². The largest absolute Gasteiger partial charge is 0.369 e. The average Bonchev–Trinajstić information content (AvgIpc) is 2.05. The number of carbonyl (C=O) groups excluding carboxylic acids is 1. The van der Waals surface area contributed by atoms with Gasteiger partial charge in [0.1, 0.15) is 12.4 Å². The molecule has 1 N–H and O–H groups in total. The van der Waals surface area contributed by atoms with Gasteiger partial charge in [-0.15, -0.1) is 0 Å². The van der Waals surface area contributed by atoms with Crippen LogP contribution in [-0.4, -0.2) is 32.1 Å². The summed E-state index contributed by atoms with van der Waals surface area (Å²) in [6.45, 7) is 2.86. The van der Waals surface area contributed by atoms with Crippen LogP contribution in [0.1, 0.15) is 12.8 Å². The lowest BCUT2D eigenvalue weighted by atomic mass is 9.71. The van der Waals surface area contributed by atoms with E-state index in [0.717, 1.165) is 38.8 Å². The molecule has 0 aliphatic carbocycles. The van der Waals surface area contributed by atoms with Crippen molar-refractivity contribution < 1.29 is 9.53 Å². The molecule has 1 unspecified atom stereocenters. The lowest BCUT2D eigenvalue weighted by Gasteiger charge is -2.49. The van der Waals surface area contributed by atoms with Crippen LogP contribution in [0.15, 0.2) is 0 Å². The minimum Gasteiger partial charge on any atom is -0.369 e. The van der Waals surface area contributed by atoms with E-state index >= 15 is 0 Å². The molecule has 0 amide bonds. The van der Waals surface area contributed by atoms with Crippen molar-refractivity contribution in [3.8, 4) is 0 Å². The van der Waals surface area contributed by atoms with Crippen LogP contribution in [-0.2, 0) is 9.53 Å². The summed E-state index contributed by atoms with van der Waals surface area (Å²) in [4.78, 5) is 10.5. The van der Waals surface area contributed by atoms with Gasteiger partial charge >= 0.3 is 0 Å². The molecule has 0 aromatic heterocycles. The summed E-state index contributed by atoms with van der Waals surface area (Å²) >= 11 is 0. The summed E-state index contributed by atoms with van der Waals surface area (Å²) in [5.41, 5.74) is 0.215. The molecule has 1 atom stereocenters. The zero-order valence-corrected chi connectivity index (χ0v) is 6.51. The van der Waals surface area contributed by atoms with Gasteiger partial charge in [0.25, 0.3) is 0 Å². The normalized spacial score (nSPS) is 34.7. The zero-order chi connectivity index (χ0) is 7.73. The van der Waals surface area contributed by atoms with Crippen LogP contribution in [0.3, 0.4) is 0 Å². The van der Waals surface area contributed by atoms with Crippen LogP contribution in [0.2, 0.25) is 0 Å². The van der Waals surface area contributed by atoms with E-state index in [2.05, 4.69) is 5.32 Å². The van der Waals surface area contributed by atoms with Gasteiger partial charge in [-0.05, 0) is 25.9 Å². The lowest BCUT2D eigenvalue weighted by molar-refractivity contribution is -0.191. The van der Waals surface area contributed by atoms with Crippen LogP contribution in [0.5, 0.6) is 0 Å². The van der Waals surface area contributed by atoms with Crippen molar-refractivity contribution >= 4 is 6.29 Å². The van der Waals surface area contributed by atoms with Gasteiger partial charge in [0, 0.05) is 5.41 Å². The maximum atomic E-state index is 10.5. The summed E-state index contributed by atoms with van der Waals surface area (Å²) < 4.78 is 5.18. The Morgan fingerprint density at radius 2 is 2.18 bits per heavy atom. The van der Waals surface area contributed by atoms with E-state index in [-0.39, 0.29) is 11.5 Å². The summed E-state index contributed by atoms with van der Waals surface area (Å²) in [5.74, 6) is 0. The second-order valence-electron chi connectivity index (χ2n) is 3.48. The molecule has 2 rings (SSSR count). The summed E-state index contributed by atoms with van der Waals surface area (Å²) in [6.07, 6.45) is 3.03. The standard InChI is InChI=1S/C8H13NO2/c10-5-7-8(6-11-7)1-3-9-4-2-8/h5,7,9H,1-4,6H2. The molecular formula is C8H13NO2. The number of rotatable bonds is 1. The fraction of sp³-hybridized carbons (Fsp3) is 0.875. The molecule has 3 nitrogen and oxygen atoms in total. The van der Waals surface area contributed by atoms with Crippen molar-refractivity contribution in [2.45, 2.75) is 18.9 Å². The second-order valence-corrected chi connectivity index (χ2v) is 3.48. The third-order valence-electron chi connectivity index (χ3n) is 2.88. The Bertz CT molecular complexity index is 163. The van der Waals surface area contributed by atoms with E-state index in [4.69, 9.17) is 4.74 Å². The Labute approximate surface area is 66.1 Å². The molecule has 1 spiro atoms. The van der Waals surface area contributed by atoms with E-state index in [1.54, 1.807) is 0 Å². The maximum Gasteiger partial charge on any atom is 0.149 e. The highest BCUT2D eigenvalue weighted by Crippen LogP contribution is 2.41. The van der Waals surface area contributed by atoms with Crippen LogP contribution in [0.4, 0.5) is 0 Å². The van der Waals surface area contributed by atoms with Gasteiger partial charge in [-0.3, -0.25) is 0 Å². The molecule has 0 radical (unpaired) electrons. The van der Waals surface area contributed by atoms with E-state index < -0.39 is 0 Å². The van der Waals surface area contributed by atoms with E-state index in [1.807, 2.05) is 0 Å². The first-order valence-corrected chi connectivity index (χ1v) is 4.15. The van der Waals surface area contributed by atoms with Gasteiger partial charge < -0.3 is 14.8 Å². The molecule has 2 fully saturated rings. The van der Waals surface area contributed by atoms with Gasteiger partial charge in [-0.1, -0.05) is 0 Å². The fourth-order valence-corrected chi connectivity index (χ4v) is 1.95. The Morgan fingerprint density at radius 3 is 2.64 bits per heavy atom. The Balaban J connectivity index is 2.02. The van der Waals surface area contributed by atoms with E-state index in [0.29, 0.717) is 0 Å². The summed E-state index contributed by atoms with van der Waals surface area (Å²) in [5, 5.41) is 3.28. The van der Waals surface area contributed by atoms with Crippen molar-refractivity contribution in [3.63, 3.8) is 0 Å². The van der Waals surface area contributed by atoms with Crippen LogP contribution in [0, 0.1) is 5.41 Å². The first kappa shape index (κ1) is 7.25. The first-order valence-electron chi connectivity index (χ1n) is 4.15. The molecule has 11 heavy (non-hydrogen) atoms. The molecular weight excluding hydrogens is 142 g/mol. The molecule has 0 saturated carbocycles. The highest BCUT2D eigenvalue weighted by molar-refractivity contribution is 5.59. The first-order chi connectivity index (χ1) is 5.37. The SMILES string of the molecule is O=CC1OCC12CCNCC2. The number of carbonyl (C=O) groups is 1.